The van der Waals surface area contributed by atoms with Gasteiger partial charge in [0.25, 0.3) is 0 Å². The lowest BCUT2D eigenvalue weighted by molar-refractivity contribution is -0.129. The third-order valence-corrected chi connectivity index (χ3v) is 8.46. The van der Waals surface area contributed by atoms with Gasteiger partial charge in [0, 0.05) is 38.5 Å². The fourth-order valence-corrected chi connectivity index (χ4v) is 6.28. The third-order valence-electron chi connectivity index (χ3n) is 7.13. The molecule has 1 unspecified atom stereocenters. The number of nitrogens with zero attached hydrogens (tertiary/aromatic N) is 1. The predicted octanol–water partition coefficient (Wildman–Crippen LogP) is 2.07. The van der Waals surface area contributed by atoms with Crippen molar-refractivity contribution in [3.05, 3.63) is 48.0 Å². The molecular formula is C28H42N4O5S. The summed E-state index contributed by atoms with van der Waals surface area (Å²) < 4.78 is 26.5. The lowest BCUT2D eigenvalue weighted by atomic mass is 10.0. The highest BCUT2D eigenvalue weighted by molar-refractivity contribution is 7.88. The number of aliphatic hydroxyl groups is 1. The van der Waals surface area contributed by atoms with E-state index < -0.39 is 28.1 Å². The van der Waals surface area contributed by atoms with Gasteiger partial charge in [-0.25, -0.2) is 8.42 Å². The van der Waals surface area contributed by atoms with Crippen LogP contribution in [0, 0.1) is 0 Å². The first-order valence-electron chi connectivity index (χ1n) is 13.6. The molecule has 0 heterocycles. The van der Waals surface area contributed by atoms with Gasteiger partial charge in [-0.15, -0.1) is 0 Å². The Morgan fingerprint density at radius 2 is 1.76 bits per heavy atom. The molecule has 1 aliphatic rings. The predicted molar refractivity (Wildman–Crippen MR) is 150 cm³/mol. The minimum Gasteiger partial charge on any atom is -0.390 e. The van der Waals surface area contributed by atoms with Crippen LogP contribution in [0.4, 0.5) is 0 Å². The molecule has 9 nitrogen and oxygen atoms in total. The molecule has 2 amide bonds. The zero-order valence-electron chi connectivity index (χ0n) is 22.3. The molecule has 210 valence electrons. The number of rotatable bonds is 13. The van der Waals surface area contributed by atoms with E-state index in [0.29, 0.717) is 6.42 Å². The van der Waals surface area contributed by atoms with Crippen molar-refractivity contribution in [2.75, 3.05) is 25.9 Å². The number of fused-ring (bicyclic) bond motifs is 1. The van der Waals surface area contributed by atoms with E-state index >= 15 is 0 Å². The quantitative estimate of drug-likeness (QED) is 0.283. The zero-order valence-corrected chi connectivity index (χ0v) is 23.1. The van der Waals surface area contributed by atoms with E-state index in [2.05, 4.69) is 10.6 Å². The summed E-state index contributed by atoms with van der Waals surface area (Å²) in [5.74, 6) is -0.727. The fraction of sp³-hybridized carbons (Fsp3) is 0.571. The lowest BCUT2D eigenvalue weighted by Crippen LogP contribution is -2.50. The molecule has 0 aromatic heterocycles. The van der Waals surface area contributed by atoms with Crippen LogP contribution >= 0.6 is 0 Å². The summed E-state index contributed by atoms with van der Waals surface area (Å²) in [7, 11) is -3.39. The number of benzene rings is 2. The molecule has 0 radical (unpaired) electrons. The highest BCUT2D eigenvalue weighted by atomic mass is 32.2. The van der Waals surface area contributed by atoms with Crippen LogP contribution in [0.1, 0.15) is 56.9 Å². The van der Waals surface area contributed by atoms with Gasteiger partial charge in [0.2, 0.25) is 21.8 Å². The van der Waals surface area contributed by atoms with Crippen LogP contribution in [0.3, 0.4) is 0 Å². The number of carbonyl (C=O) groups is 2. The Bertz CT molecular complexity index is 1160. The van der Waals surface area contributed by atoms with Crippen LogP contribution in [-0.2, 0) is 26.0 Å². The second-order valence-corrected chi connectivity index (χ2v) is 12.2. The van der Waals surface area contributed by atoms with Gasteiger partial charge in [-0.05, 0) is 35.6 Å². The van der Waals surface area contributed by atoms with E-state index in [1.165, 1.54) is 6.26 Å². The summed E-state index contributed by atoms with van der Waals surface area (Å²) >= 11 is 0. The number of amides is 2. The summed E-state index contributed by atoms with van der Waals surface area (Å²) in [6, 6.07) is 12.9. The minimum atomic E-state index is -3.39. The topological polar surface area (TPSA) is 142 Å². The Kier molecular flexibility index (Phi) is 11.5. The molecule has 0 spiro atoms. The standard InChI is InChI=1S/C28H42N4O5S/c1-38(36,37)32(24-11-4-2-3-5-12-24)16-8-13-27(34)31-26(28(35)30-20-25(33)19-29)18-21-14-15-22-9-6-7-10-23(22)17-21/h6-7,9-10,14-15,17,24-26,33H,2-5,8,11-13,16,18-20,29H2,1H3,(H,30,35)(H,31,34)/t25-,26?/m1/s1. The molecule has 1 saturated carbocycles. The van der Waals surface area contributed by atoms with E-state index in [0.717, 1.165) is 54.9 Å². The maximum atomic E-state index is 13.0. The molecule has 2 atom stereocenters. The molecule has 10 heteroatoms. The number of sulfonamides is 1. The molecular weight excluding hydrogens is 504 g/mol. The summed E-state index contributed by atoms with van der Waals surface area (Å²) in [6.45, 7) is 0.283. The van der Waals surface area contributed by atoms with Gasteiger partial charge in [0.1, 0.15) is 6.04 Å². The van der Waals surface area contributed by atoms with Crippen LogP contribution in [0.2, 0.25) is 0 Å². The SMILES string of the molecule is CS(=O)(=O)N(CCCC(=O)NC(Cc1ccc2ccccc2c1)C(=O)NC[C@H](O)CN)C1CCCCCC1. The number of hydrogen-bond acceptors (Lipinski definition) is 6. The third kappa shape index (κ3) is 9.34. The zero-order chi connectivity index (χ0) is 27.5. The number of nitrogens with one attached hydrogen (secondary N) is 2. The average Bonchev–Trinajstić information content (AvgIpc) is 3.17. The lowest BCUT2D eigenvalue weighted by Gasteiger charge is -2.29. The van der Waals surface area contributed by atoms with Crippen LogP contribution in [0.25, 0.3) is 10.8 Å². The van der Waals surface area contributed by atoms with E-state index in [1.54, 1.807) is 4.31 Å². The monoisotopic (exact) mass is 546 g/mol. The Hall–Kier alpha value is -2.53. The number of carbonyl (C=O) groups excluding carboxylic acids is 2. The van der Waals surface area contributed by atoms with Crippen molar-refractivity contribution in [3.8, 4) is 0 Å². The summed E-state index contributed by atoms with van der Waals surface area (Å²) in [4.78, 5) is 25.8. The first-order chi connectivity index (χ1) is 18.2. The molecule has 0 bridgehead atoms. The average molecular weight is 547 g/mol. The molecule has 38 heavy (non-hydrogen) atoms. The molecule has 2 aromatic carbocycles. The number of nitrogens with two attached hydrogens (primary N) is 1. The highest BCUT2D eigenvalue weighted by Crippen LogP contribution is 2.24. The molecule has 0 saturated heterocycles. The van der Waals surface area contributed by atoms with E-state index in [-0.39, 0.29) is 44.4 Å². The van der Waals surface area contributed by atoms with Crippen molar-refractivity contribution in [2.45, 2.75) is 76.0 Å². The van der Waals surface area contributed by atoms with Crippen LogP contribution in [0.5, 0.6) is 0 Å². The van der Waals surface area contributed by atoms with Crippen molar-refractivity contribution in [2.24, 2.45) is 5.73 Å². The summed E-state index contributed by atoms with van der Waals surface area (Å²) in [5, 5.41) is 17.4. The first-order valence-corrected chi connectivity index (χ1v) is 15.4. The molecule has 3 rings (SSSR count). The largest absolute Gasteiger partial charge is 0.390 e. The van der Waals surface area contributed by atoms with Gasteiger partial charge < -0.3 is 21.5 Å². The van der Waals surface area contributed by atoms with Crippen LogP contribution < -0.4 is 16.4 Å². The van der Waals surface area contributed by atoms with Gasteiger partial charge >= 0.3 is 0 Å². The van der Waals surface area contributed by atoms with E-state index in [1.807, 2.05) is 42.5 Å². The Morgan fingerprint density at radius 3 is 2.42 bits per heavy atom. The maximum Gasteiger partial charge on any atom is 0.243 e. The van der Waals surface area contributed by atoms with Crippen LogP contribution in [0.15, 0.2) is 42.5 Å². The van der Waals surface area contributed by atoms with Crippen molar-refractivity contribution < 1.29 is 23.1 Å². The van der Waals surface area contributed by atoms with Crippen molar-refractivity contribution >= 4 is 32.6 Å². The van der Waals surface area contributed by atoms with Crippen molar-refractivity contribution in [3.63, 3.8) is 0 Å². The Labute approximate surface area is 226 Å². The second-order valence-electron chi connectivity index (χ2n) is 10.3. The maximum absolute atomic E-state index is 13.0. The van der Waals surface area contributed by atoms with Crippen LogP contribution in [-0.4, -0.2) is 73.7 Å². The van der Waals surface area contributed by atoms with Gasteiger partial charge in [0.05, 0.1) is 12.4 Å². The Morgan fingerprint density at radius 1 is 1.08 bits per heavy atom. The van der Waals surface area contributed by atoms with Crippen molar-refractivity contribution in [1.82, 2.24) is 14.9 Å². The molecule has 2 aromatic rings. The molecule has 5 N–H and O–H groups in total. The first kappa shape index (κ1) is 30.0. The smallest absolute Gasteiger partial charge is 0.243 e. The van der Waals surface area contributed by atoms with Gasteiger partial charge in [-0.1, -0.05) is 68.1 Å². The molecule has 1 fully saturated rings. The molecule has 1 aliphatic carbocycles. The highest BCUT2D eigenvalue weighted by Gasteiger charge is 2.27. The van der Waals surface area contributed by atoms with E-state index in [4.69, 9.17) is 5.73 Å². The number of hydrogen-bond donors (Lipinski definition) is 4. The summed E-state index contributed by atoms with van der Waals surface area (Å²) in [5.41, 5.74) is 6.33. The van der Waals surface area contributed by atoms with Gasteiger partial charge in [0.15, 0.2) is 0 Å². The second kappa shape index (κ2) is 14.6. The minimum absolute atomic E-state index is 0.00979. The van der Waals surface area contributed by atoms with E-state index in [9.17, 15) is 23.1 Å². The van der Waals surface area contributed by atoms with Gasteiger partial charge in [-0.2, -0.15) is 4.31 Å². The van der Waals surface area contributed by atoms with Gasteiger partial charge in [-0.3, -0.25) is 9.59 Å². The molecule has 0 aliphatic heterocycles. The Balaban J connectivity index is 1.63. The number of aliphatic hydroxyl groups excluding tert-OH is 1. The fourth-order valence-electron chi connectivity index (χ4n) is 5.06. The van der Waals surface area contributed by atoms with Crippen molar-refractivity contribution in [1.29, 1.82) is 0 Å². The summed E-state index contributed by atoms with van der Waals surface area (Å²) in [6.07, 6.45) is 7.08. The normalized spacial score (nSPS) is 16.6.